The van der Waals surface area contributed by atoms with Gasteiger partial charge in [0.15, 0.2) is 4.77 Å². The van der Waals surface area contributed by atoms with Crippen LogP contribution in [0.2, 0.25) is 0 Å². The second kappa shape index (κ2) is 6.47. The maximum absolute atomic E-state index is 13.6. The fourth-order valence-corrected chi connectivity index (χ4v) is 2.43. The van der Waals surface area contributed by atoms with E-state index >= 15 is 0 Å². The Morgan fingerprint density at radius 2 is 2.15 bits per heavy atom. The Labute approximate surface area is 123 Å². The highest BCUT2D eigenvalue weighted by molar-refractivity contribution is 7.71. The van der Waals surface area contributed by atoms with Crippen molar-refractivity contribution in [3.63, 3.8) is 0 Å². The largest absolute Gasteiger partial charge is 0.383 e. The highest BCUT2D eigenvalue weighted by Crippen LogP contribution is 2.18. The van der Waals surface area contributed by atoms with Crippen molar-refractivity contribution < 1.29 is 9.13 Å². The maximum atomic E-state index is 13.6. The van der Waals surface area contributed by atoms with E-state index in [1.54, 1.807) is 14.0 Å². The molecule has 1 N–H and O–H groups in total. The molecule has 110 valence electrons. The second-order valence-corrected chi connectivity index (χ2v) is 5.38. The van der Waals surface area contributed by atoms with E-state index in [9.17, 15) is 4.39 Å². The van der Waals surface area contributed by atoms with Gasteiger partial charge >= 0.3 is 0 Å². The van der Waals surface area contributed by atoms with Crippen LogP contribution in [0.5, 0.6) is 0 Å². The van der Waals surface area contributed by atoms with Crippen LogP contribution < -0.4 is 0 Å². The number of ether oxygens (including phenoxy) is 1. The minimum Gasteiger partial charge on any atom is -0.383 e. The van der Waals surface area contributed by atoms with Crippen LogP contribution in [-0.4, -0.2) is 48.3 Å². The summed E-state index contributed by atoms with van der Waals surface area (Å²) in [7, 11) is 3.74. The number of benzene rings is 1. The Morgan fingerprint density at radius 1 is 1.40 bits per heavy atom. The van der Waals surface area contributed by atoms with Crippen molar-refractivity contribution in [1.29, 1.82) is 0 Å². The van der Waals surface area contributed by atoms with Crippen molar-refractivity contribution >= 4 is 23.3 Å². The van der Waals surface area contributed by atoms with E-state index in [-0.39, 0.29) is 5.82 Å². The summed E-state index contributed by atoms with van der Waals surface area (Å²) < 4.78 is 21.3. The summed E-state index contributed by atoms with van der Waals surface area (Å²) in [5, 5.41) is 0. The second-order valence-electron chi connectivity index (χ2n) is 5.00. The van der Waals surface area contributed by atoms with E-state index in [0.29, 0.717) is 16.9 Å². The first-order chi connectivity index (χ1) is 9.52. The molecule has 0 unspecified atom stereocenters. The highest BCUT2D eigenvalue weighted by Gasteiger charge is 2.08. The fraction of sp³-hybridized carbons (Fsp3) is 0.500. The standard InChI is InChI=1S/C14H20FN3OS/c1-10-8-13-12(9-11(10)15)16-14(20)18(13)5-4-17(2)6-7-19-3/h8-9H,4-7H2,1-3H3,(H,16,20). The molecule has 4 nitrogen and oxygen atoms in total. The first-order valence-electron chi connectivity index (χ1n) is 6.59. The Morgan fingerprint density at radius 3 is 2.85 bits per heavy atom. The van der Waals surface area contributed by atoms with Gasteiger partial charge in [-0.2, -0.15) is 0 Å². The number of aryl methyl sites for hydroxylation is 1. The number of fused-ring (bicyclic) bond motifs is 1. The summed E-state index contributed by atoms with van der Waals surface area (Å²) >= 11 is 5.32. The lowest BCUT2D eigenvalue weighted by molar-refractivity contribution is 0.159. The number of methoxy groups -OCH3 is 1. The number of nitrogens with one attached hydrogen (secondary N) is 1. The summed E-state index contributed by atoms with van der Waals surface area (Å²) in [4.78, 5) is 5.24. The first-order valence-corrected chi connectivity index (χ1v) is 7.00. The molecule has 0 aliphatic carbocycles. The number of H-pyrrole nitrogens is 1. The Hall–Kier alpha value is -1.24. The highest BCUT2D eigenvalue weighted by atomic mass is 32.1. The van der Waals surface area contributed by atoms with Gasteiger partial charge in [-0.25, -0.2) is 4.39 Å². The molecule has 1 heterocycles. The number of rotatable bonds is 6. The number of likely N-dealkylation sites (N-methyl/N-ethyl adjacent to an activating group) is 1. The van der Waals surface area contributed by atoms with Gasteiger partial charge in [0.1, 0.15) is 5.82 Å². The van der Waals surface area contributed by atoms with E-state index in [2.05, 4.69) is 9.88 Å². The lowest BCUT2D eigenvalue weighted by atomic mass is 10.2. The van der Waals surface area contributed by atoms with Gasteiger partial charge in [0.2, 0.25) is 0 Å². The third-order valence-corrected chi connectivity index (χ3v) is 3.76. The molecule has 20 heavy (non-hydrogen) atoms. The molecule has 0 atom stereocenters. The molecular formula is C14H20FN3OS. The zero-order chi connectivity index (χ0) is 14.7. The summed E-state index contributed by atoms with van der Waals surface area (Å²) in [5.41, 5.74) is 2.33. The molecule has 1 aromatic heterocycles. The minimum absolute atomic E-state index is 0.210. The minimum atomic E-state index is -0.210. The van der Waals surface area contributed by atoms with E-state index in [1.807, 2.05) is 17.7 Å². The Kier molecular flexibility index (Phi) is 4.91. The molecule has 0 saturated heterocycles. The number of halogens is 1. The molecule has 0 radical (unpaired) electrons. The first kappa shape index (κ1) is 15.2. The van der Waals surface area contributed by atoms with Crippen molar-refractivity contribution in [1.82, 2.24) is 14.5 Å². The van der Waals surface area contributed by atoms with Crippen molar-refractivity contribution in [2.75, 3.05) is 33.9 Å². The van der Waals surface area contributed by atoms with Crippen LogP contribution in [0, 0.1) is 17.5 Å². The lowest BCUT2D eigenvalue weighted by Crippen LogP contribution is -2.26. The van der Waals surface area contributed by atoms with Crippen molar-refractivity contribution in [3.8, 4) is 0 Å². The van der Waals surface area contributed by atoms with E-state index in [0.717, 1.165) is 30.7 Å². The molecule has 0 bridgehead atoms. The molecule has 0 aliphatic rings. The number of hydrogen-bond donors (Lipinski definition) is 1. The number of aromatic nitrogens is 2. The lowest BCUT2D eigenvalue weighted by Gasteiger charge is -2.16. The van der Waals surface area contributed by atoms with Gasteiger partial charge in [-0.05, 0) is 43.9 Å². The number of imidazole rings is 1. The van der Waals surface area contributed by atoms with Gasteiger partial charge in [-0.1, -0.05) is 0 Å². The monoisotopic (exact) mass is 297 g/mol. The normalized spacial score (nSPS) is 11.7. The summed E-state index contributed by atoms with van der Waals surface area (Å²) in [6.07, 6.45) is 0. The van der Waals surface area contributed by atoms with Crippen LogP contribution >= 0.6 is 12.2 Å². The van der Waals surface area contributed by atoms with Gasteiger partial charge in [-0.15, -0.1) is 0 Å². The van der Waals surface area contributed by atoms with Gasteiger partial charge in [0.05, 0.1) is 17.6 Å². The number of hydrogen-bond acceptors (Lipinski definition) is 3. The van der Waals surface area contributed by atoms with E-state index in [1.165, 1.54) is 6.07 Å². The van der Waals surface area contributed by atoms with Crippen molar-refractivity contribution in [2.24, 2.45) is 0 Å². The molecule has 2 aromatic rings. The molecule has 0 amide bonds. The van der Waals surface area contributed by atoms with Crippen molar-refractivity contribution in [2.45, 2.75) is 13.5 Å². The topological polar surface area (TPSA) is 33.2 Å². The van der Waals surface area contributed by atoms with E-state index in [4.69, 9.17) is 17.0 Å². The molecule has 1 aromatic carbocycles. The molecule has 0 aliphatic heterocycles. The maximum Gasteiger partial charge on any atom is 0.178 e. The van der Waals surface area contributed by atoms with Gasteiger partial charge in [-0.3, -0.25) is 0 Å². The van der Waals surface area contributed by atoms with Crippen molar-refractivity contribution in [3.05, 3.63) is 28.3 Å². The van der Waals surface area contributed by atoms with Crippen LogP contribution in [0.25, 0.3) is 11.0 Å². The zero-order valence-electron chi connectivity index (χ0n) is 12.1. The van der Waals surface area contributed by atoms with Gasteiger partial charge in [0, 0.05) is 26.7 Å². The molecule has 0 saturated carbocycles. The predicted octanol–water partition coefficient (Wildman–Crippen LogP) is 2.72. The van der Waals surface area contributed by atoms with Crippen LogP contribution in [0.1, 0.15) is 5.56 Å². The fourth-order valence-electron chi connectivity index (χ4n) is 2.13. The SMILES string of the molecule is COCCN(C)CCn1c(=S)[nH]c2cc(F)c(C)cc21. The predicted molar refractivity (Wildman–Crippen MR) is 81.2 cm³/mol. The summed E-state index contributed by atoms with van der Waals surface area (Å²) in [6, 6.07) is 3.34. The summed E-state index contributed by atoms with van der Waals surface area (Å²) in [5.74, 6) is -0.210. The van der Waals surface area contributed by atoms with Gasteiger partial charge < -0.3 is 19.2 Å². The zero-order valence-corrected chi connectivity index (χ0v) is 12.9. The Bertz CT molecular complexity index is 650. The van der Waals surface area contributed by atoms with E-state index < -0.39 is 0 Å². The average molecular weight is 297 g/mol. The molecule has 0 spiro atoms. The van der Waals surface area contributed by atoms with Crippen LogP contribution in [-0.2, 0) is 11.3 Å². The smallest absolute Gasteiger partial charge is 0.178 e. The summed E-state index contributed by atoms with van der Waals surface area (Å²) in [6.45, 7) is 4.98. The number of aromatic amines is 1. The van der Waals surface area contributed by atoms with Crippen LogP contribution in [0.3, 0.4) is 0 Å². The van der Waals surface area contributed by atoms with Gasteiger partial charge in [0.25, 0.3) is 0 Å². The third kappa shape index (κ3) is 3.26. The third-order valence-electron chi connectivity index (χ3n) is 3.44. The molecular weight excluding hydrogens is 277 g/mol. The van der Waals surface area contributed by atoms with Crippen LogP contribution in [0.4, 0.5) is 4.39 Å². The molecule has 6 heteroatoms. The average Bonchev–Trinajstić information content (AvgIpc) is 2.70. The quantitative estimate of drug-likeness (QED) is 0.832. The Balaban J connectivity index is 2.19. The van der Waals surface area contributed by atoms with Crippen LogP contribution in [0.15, 0.2) is 12.1 Å². The molecule has 2 rings (SSSR count). The molecule has 0 fully saturated rings. The number of nitrogens with zero attached hydrogens (tertiary/aromatic N) is 2.